The topological polar surface area (TPSA) is 69.4 Å². The number of hydrogen-bond donors (Lipinski definition) is 1. The molecule has 2 N–H and O–H groups in total. The van der Waals surface area contributed by atoms with Crippen LogP contribution in [0.15, 0.2) is 48.5 Å². The van der Waals surface area contributed by atoms with Crippen LogP contribution in [-0.2, 0) is 14.3 Å². The van der Waals surface area contributed by atoms with Crippen molar-refractivity contribution in [2.45, 2.75) is 13.0 Å². The molecule has 2 rings (SSSR count). The summed E-state index contributed by atoms with van der Waals surface area (Å²) in [5.41, 5.74) is 6.43. The van der Waals surface area contributed by atoms with Crippen LogP contribution >= 0.6 is 11.6 Å². The smallest absolute Gasteiger partial charge is 0.339 e. The molecule has 0 aliphatic carbocycles. The standard InChI is InChI=1S/C18H15ClFNO3/c1-11(17(21)22)24-18(23)16(13-4-8-15(20)9-5-13)10-12-2-6-14(19)7-3-12/h2-11H,1H3,(H2,21,22)/b16-10+/t11-/m1/s1. The van der Waals surface area contributed by atoms with Crippen molar-refractivity contribution in [1.29, 1.82) is 0 Å². The fourth-order valence-corrected chi connectivity index (χ4v) is 2.02. The molecule has 24 heavy (non-hydrogen) atoms. The van der Waals surface area contributed by atoms with Crippen LogP contribution in [0.1, 0.15) is 18.1 Å². The molecule has 0 fully saturated rings. The summed E-state index contributed by atoms with van der Waals surface area (Å²) < 4.78 is 18.2. The molecule has 0 aliphatic rings. The zero-order chi connectivity index (χ0) is 17.7. The van der Waals surface area contributed by atoms with Gasteiger partial charge in [0.1, 0.15) is 5.82 Å². The maximum atomic E-state index is 13.1. The van der Waals surface area contributed by atoms with Crippen molar-refractivity contribution in [3.05, 3.63) is 70.5 Å². The average molecular weight is 348 g/mol. The van der Waals surface area contributed by atoms with Crippen molar-refractivity contribution >= 4 is 35.1 Å². The Hall–Kier alpha value is -2.66. The summed E-state index contributed by atoms with van der Waals surface area (Å²) in [4.78, 5) is 23.5. The monoisotopic (exact) mass is 347 g/mol. The van der Waals surface area contributed by atoms with Crippen LogP contribution in [0, 0.1) is 5.82 Å². The number of ether oxygens (including phenoxy) is 1. The van der Waals surface area contributed by atoms with E-state index in [-0.39, 0.29) is 5.57 Å². The van der Waals surface area contributed by atoms with Crippen molar-refractivity contribution in [1.82, 2.24) is 0 Å². The zero-order valence-corrected chi connectivity index (χ0v) is 13.6. The minimum absolute atomic E-state index is 0.172. The van der Waals surface area contributed by atoms with E-state index in [1.54, 1.807) is 30.3 Å². The Morgan fingerprint density at radius 2 is 1.71 bits per heavy atom. The Morgan fingerprint density at radius 1 is 1.12 bits per heavy atom. The van der Waals surface area contributed by atoms with Gasteiger partial charge in [-0.3, -0.25) is 4.79 Å². The highest BCUT2D eigenvalue weighted by atomic mass is 35.5. The van der Waals surface area contributed by atoms with Crippen molar-refractivity contribution < 1.29 is 18.7 Å². The van der Waals surface area contributed by atoms with Gasteiger partial charge < -0.3 is 10.5 Å². The minimum Gasteiger partial charge on any atom is -0.449 e. The maximum absolute atomic E-state index is 13.1. The molecule has 0 saturated carbocycles. The number of halogens is 2. The van der Waals surface area contributed by atoms with Crippen molar-refractivity contribution in [3.8, 4) is 0 Å². The molecule has 6 heteroatoms. The SMILES string of the molecule is C[C@@H](OC(=O)/C(=C/c1ccc(Cl)cc1)c1ccc(F)cc1)C(N)=O. The summed E-state index contributed by atoms with van der Waals surface area (Å²) in [7, 11) is 0. The number of esters is 1. The van der Waals surface area contributed by atoms with Crippen molar-refractivity contribution in [2.24, 2.45) is 5.73 Å². The van der Waals surface area contributed by atoms with Crippen LogP contribution < -0.4 is 5.73 Å². The van der Waals surface area contributed by atoms with Crippen molar-refractivity contribution in [2.75, 3.05) is 0 Å². The third-order valence-electron chi connectivity index (χ3n) is 3.24. The Balaban J connectivity index is 2.40. The van der Waals surface area contributed by atoms with Gasteiger partial charge in [0, 0.05) is 5.02 Å². The first-order valence-corrected chi connectivity index (χ1v) is 7.48. The van der Waals surface area contributed by atoms with E-state index in [1.165, 1.54) is 31.2 Å². The fourth-order valence-electron chi connectivity index (χ4n) is 1.90. The van der Waals surface area contributed by atoms with Crippen LogP contribution in [0.5, 0.6) is 0 Å². The number of primary amides is 1. The Labute approximate surface area is 143 Å². The molecule has 4 nitrogen and oxygen atoms in total. The van der Waals surface area contributed by atoms with E-state index in [0.717, 1.165) is 0 Å². The van der Waals surface area contributed by atoms with Crippen LogP contribution in [0.2, 0.25) is 5.02 Å². The number of hydrogen-bond acceptors (Lipinski definition) is 3. The second kappa shape index (κ2) is 7.75. The molecule has 0 unspecified atom stereocenters. The van der Waals surface area contributed by atoms with Gasteiger partial charge in [-0.1, -0.05) is 35.9 Å². The predicted octanol–water partition coefficient (Wildman–Crippen LogP) is 3.44. The summed E-state index contributed by atoms with van der Waals surface area (Å²) in [6.07, 6.45) is 0.492. The van der Waals surface area contributed by atoms with E-state index in [9.17, 15) is 14.0 Å². The molecular formula is C18H15ClFNO3. The largest absolute Gasteiger partial charge is 0.449 e. The minimum atomic E-state index is -1.08. The lowest BCUT2D eigenvalue weighted by molar-refractivity contribution is -0.147. The van der Waals surface area contributed by atoms with E-state index < -0.39 is 23.8 Å². The number of carbonyl (C=O) groups is 2. The molecule has 124 valence electrons. The molecule has 2 aromatic rings. The highest BCUT2D eigenvalue weighted by molar-refractivity contribution is 6.30. The lowest BCUT2D eigenvalue weighted by Gasteiger charge is -2.12. The third kappa shape index (κ3) is 4.67. The van der Waals surface area contributed by atoms with Gasteiger partial charge in [0.2, 0.25) is 0 Å². The molecular weight excluding hydrogens is 333 g/mol. The summed E-state index contributed by atoms with van der Waals surface area (Å²) >= 11 is 5.84. The Morgan fingerprint density at radius 3 is 2.25 bits per heavy atom. The van der Waals surface area contributed by atoms with Gasteiger partial charge in [-0.15, -0.1) is 0 Å². The molecule has 1 amide bonds. The number of carbonyl (C=O) groups excluding carboxylic acids is 2. The second-order valence-electron chi connectivity index (χ2n) is 5.07. The first kappa shape index (κ1) is 17.7. The highest BCUT2D eigenvalue weighted by Gasteiger charge is 2.19. The van der Waals surface area contributed by atoms with E-state index in [4.69, 9.17) is 22.1 Å². The molecule has 0 aliphatic heterocycles. The molecule has 0 heterocycles. The van der Waals surface area contributed by atoms with Gasteiger partial charge in [-0.25, -0.2) is 9.18 Å². The van der Waals surface area contributed by atoms with Crippen LogP contribution in [0.3, 0.4) is 0 Å². The molecule has 2 aromatic carbocycles. The van der Waals surface area contributed by atoms with Crippen molar-refractivity contribution in [3.63, 3.8) is 0 Å². The van der Waals surface area contributed by atoms with Crippen LogP contribution in [0.25, 0.3) is 11.6 Å². The fraction of sp³-hybridized carbons (Fsp3) is 0.111. The molecule has 0 saturated heterocycles. The lowest BCUT2D eigenvalue weighted by atomic mass is 10.0. The first-order valence-electron chi connectivity index (χ1n) is 7.10. The quantitative estimate of drug-likeness (QED) is 0.511. The van der Waals surface area contributed by atoms with Gasteiger partial charge >= 0.3 is 5.97 Å². The average Bonchev–Trinajstić information content (AvgIpc) is 2.55. The van der Waals surface area contributed by atoms with Gasteiger partial charge in [-0.2, -0.15) is 0 Å². The summed E-state index contributed by atoms with van der Waals surface area (Å²) in [6, 6.07) is 12.2. The Bertz CT molecular complexity index is 770. The molecule has 0 radical (unpaired) electrons. The predicted molar refractivity (Wildman–Crippen MR) is 90.5 cm³/mol. The van der Waals surface area contributed by atoms with Gasteiger partial charge in [0.25, 0.3) is 5.91 Å². The first-order chi connectivity index (χ1) is 11.4. The molecule has 0 spiro atoms. The summed E-state index contributed by atoms with van der Waals surface area (Å²) in [6.45, 7) is 1.38. The van der Waals surface area contributed by atoms with Gasteiger partial charge in [-0.05, 0) is 48.4 Å². The Kier molecular flexibility index (Phi) is 5.71. The van der Waals surface area contributed by atoms with E-state index in [2.05, 4.69) is 0 Å². The zero-order valence-electron chi connectivity index (χ0n) is 12.8. The molecule has 0 aromatic heterocycles. The van der Waals surface area contributed by atoms with E-state index in [0.29, 0.717) is 16.1 Å². The second-order valence-corrected chi connectivity index (χ2v) is 5.50. The highest BCUT2D eigenvalue weighted by Crippen LogP contribution is 2.22. The normalized spacial score (nSPS) is 12.5. The molecule has 0 bridgehead atoms. The molecule has 1 atom stereocenters. The number of rotatable bonds is 5. The lowest BCUT2D eigenvalue weighted by Crippen LogP contribution is -2.30. The van der Waals surface area contributed by atoms with E-state index >= 15 is 0 Å². The number of benzene rings is 2. The van der Waals surface area contributed by atoms with Gasteiger partial charge in [0.05, 0.1) is 5.57 Å². The maximum Gasteiger partial charge on any atom is 0.339 e. The number of nitrogens with two attached hydrogens (primary N) is 1. The number of amides is 1. The van der Waals surface area contributed by atoms with Gasteiger partial charge in [0.15, 0.2) is 6.10 Å². The summed E-state index contributed by atoms with van der Waals surface area (Å²) in [5.74, 6) is -1.92. The summed E-state index contributed by atoms with van der Waals surface area (Å²) in [5, 5.41) is 0.556. The van der Waals surface area contributed by atoms with Crippen LogP contribution in [-0.4, -0.2) is 18.0 Å². The van der Waals surface area contributed by atoms with Crippen LogP contribution in [0.4, 0.5) is 4.39 Å². The van der Waals surface area contributed by atoms with E-state index in [1.807, 2.05) is 0 Å². The third-order valence-corrected chi connectivity index (χ3v) is 3.49.